The van der Waals surface area contributed by atoms with Crippen LogP contribution in [0.1, 0.15) is 37.9 Å². The SMILES string of the molecule is CC(C)CCC(=O)Nc1cccc(C=Cc2ccccn2)c1. The average molecular weight is 294 g/mol. The number of anilines is 1. The molecule has 3 heteroatoms. The number of rotatable bonds is 6. The average Bonchev–Trinajstić information content (AvgIpc) is 2.52. The Balaban J connectivity index is 1.98. The molecule has 0 aliphatic heterocycles. The van der Waals surface area contributed by atoms with Crippen molar-refractivity contribution >= 4 is 23.7 Å². The Morgan fingerprint density at radius 1 is 1.18 bits per heavy atom. The number of benzene rings is 1. The normalized spacial score (nSPS) is 11.0. The lowest BCUT2D eigenvalue weighted by atomic mass is 10.1. The fraction of sp³-hybridized carbons (Fsp3) is 0.263. The van der Waals surface area contributed by atoms with Crippen LogP contribution in [0, 0.1) is 5.92 Å². The number of nitrogens with zero attached hydrogens (tertiary/aromatic N) is 1. The van der Waals surface area contributed by atoms with Gasteiger partial charge in [0.25, 0.3) is 0 Å². The number of hydrogen-bond donors (Lipinski definition) is 1. The molecular weight excluding hydrogens is 272 g/mol. The first-order chi connectivity index (χ1) is 10.6. The molecule has 3 nitrogen and oxygen atoms in total. The van der Waals surface area contributed by atoms with Crippen LogP contribution in [0.5, 0.6) is 0 Å². The molecule has 2 rings (SSSR count). The van der Waals surface area contributed by atoms with Gasteiger partial charge in [-0.05, 0) is 48.2 Å². The van der Waals surface area contributed by atoms with Gasteiger partial charge in [-0.3, -0.25) is 9.78 Å². The quantitative estimate of drug-likeness (QED) is 0.844. The van der Waals surface area contributed by atoms with Crippen molar-refractivity contribution in [3.63, 3.8) is 0 Å². The van der Waals surface area contributed by atoms with Crippen molar-refractivity contribution in [2.24, 2.45) is 5.92 Å². The lowest BCUT2D eigenvalue weighted by Gasteiger charge is -2.07. The second kappa shape index (κ2) is 8.13. The van der Waals surface area contributed by atoms with Gasteiger partial charge in [-0.1, -0.05) is 38.1 Å². The first kappa shape index (κ1) is 16.0. The molecule has 0 aliphatic carbocycles. The largest absolute Gasteiger partial charge is 0.326 e. The van der Waals surface area contributed by atoms with Gasteiger partial charge in [0.1, 0.15) is 0 Å². The minimum Gasteiger partial charge on any atom is -0.326 e. The molecule has 0 bridgehead atoms. The number of carbonyl (C=O) groups excluding carboxylic acids is 1. The number of nitrogens with one attached hydrogen (secondary N) is 1. The van der Waals surface area contributed by atoms with Crippen LogP contribution in [-0.2, 0) is 4.79 Å². The van der Waals surface area contributed by atoms with Crippen molar-refractivity contribution in [1.29, 1.82) is 0 Å². The van der Waals surface area contributed by atoms with Crippen molar-refractivity contribution in [3.8, 4) is 0 Å². The first-order valence-electron chi connectivity index (χ1n) is 7.62. The maximum atomic E-state index is 11.9. The summed E-state index contributed by atoms with van der Waals surface area (Å²) in [6, 6.07) is 13.6. The highest BCUT2D eigenvalue weighted by Gasteiger charge is 2.04. The molecule has 0 unspecified atom stereocenters. The maximum Gasteiger partial charge on any atom is 0.224 e. The van der Waals surface area contributed by atoms with Gasteiger partial charge in [0, 0.05) is 18.3 Å². The molecular formula is C19H22N2O. The van der Waals surface area contributed by atoms with Crippen molar-refractivity contribution in [1.82, 2.24) is 4.98 Å². The topological polar surface area (TPSA) is 42.0 Å². The molecule has 1 aromatic carbocycles. The predicted molar refractivity (Wildman–Crippen MR) is 92.3 cm³/mol. The summed E-state index contributed by atoms with van der Waals surface area (Å²) in [5, 5.41) is 2.95. The summed E-state index contributed by atoms with van der Waals surface area (Å²) in [5.74, 6) is 0.609. The van der Waals surface area contributed by atoms with Gasteiger partial charge in [0.15, 0.2) is 0 Å². The Bertz CT molecular complexity index is 633. The molecule has 1 amide bonds. The molecule has 2 aromatic rings. The van der Waals surface area contributed by atoms with E-state index in [-0.39, 0.29) is 5.91 Å². The highest BCUT2D eigenvalue weighted by atomic mass is 16.1. The van der Waals surface area contributed by atoms with Crippen LogP contribution in [0.25, 0.3) is 12.2 Å². The van der Waals surface area contributed by atoms with E-state index in [1.165, 1.54) is 0 Å². The van der Waals surface area contributed by atoms with Gasteiger partial charge in [-0.2, -0.15) is 0 Å². The summed E-state index contributed by atoms with van der Waals surface area (Å²) in [5.41, 5.74) is 2.78. The summed E-state index contributed by atoms with van der Waals surface area (Å²) < 4.78 is 0. The Labute approximate surface area is 132 Å². The summed E-state index contributed by atoms with van der Waals surface area (Å²) in [6.07, 6.45) is 7.19. The molecule has 22 heavy (non-hydrogen) atoms. The molecule has 0 radical (unpaired) electrons. The molecule has 1 heterocycles. The molecule has 0 spiro atoms. The first-order valence-corrected chi connectivity index (χ1v) is 7.62. The highest BCUT2D eigenvalue weighted by Crippen LogP contribution is 2.14. The van der Waals surface area contributed by atoms with Crippen molar-refractivity contribution in [2.75, 3.05) is 5.32 Å². The monoisotopic (exact) mass is 294 g/mol. The van der Waals surface area contributed by atoms with Crippen molar-refractivity contribution in [3.05, 3.63) is 59.9 Å². The van der Waals surface area contributed by atoms with Gasteiger partial charge in [-0.15, -0.1) is 0 Å². The minimum atomic E-state index is 0.0690. The van der Waals surface area contributed by atoms with Crippen LogP contribution in [-0.4, -0.2) is 10.9 Å². The van der Waals surface area contributed by atoms with E-state index in [2.05, 4.69) is 24.1 Å². The zero-order valence-electron chi connectivity index (χ0n) is 13.1. The predicted octanol–water partition coefficient (Wildman–Crippen LogP) is 4.63. The maximum absolute atomic E-state index is 11.9. The van der Waals surface area contributed by atoms with Crippen LogP contribution in [0.3, 0.4) is 0 Å². The molecule has 0 saturated carbocycles. The summed E-state index contributed by atoms with van der Waals surface area (Å²) >= 11 is 0. The van der Waals surface area contributed by atoms with E-state index in [0.29, 0.717) is 12.3 Å². The minimum absolute atomic E-state index is 0.0690. The molecule has 1 aromatic heterocycles. The Hall–Kier alpha value is -2.42. The van der Waals surface area contributed by atoms with Crippen LogP contribution >= 0.6 is 0 Å². The molecule has 1 N–H and O–H groups in total. The van der Waals surface area contributed by atoms with Gasteiger partial charge >= 0.3 is 0 Å². The van der Waals surface area contributed by atoms with Gasteiger partial charge in [0.2, 0.25) is 5.91 Å². The van der Waals surface area contributed by atoms with E-state index in [1.807, 2.05) is 54.6 Å². The molecule has 0 saturated heterocycles. The van der Waals surface area contributed by atoms with E-state index >= 15 is 0 Å². The van der Waals surface area contributed by atoms with Crippen LogP contribution in [0.2, 0.25) is 0 Å². The summed E-state index contributed by atoms with van der Waals surface area (Å²) in [4.78, 5) is 16.1. The van der Waals surface area contributed by atoms with Gasteiger partial charge < -0.3 is 5.32 Å². The van der Waals surface area contributed by atoms with E-state index in [4.69, 9.17) is 0 Å². The van der Waals surface area contributed by atoms with Crippen LogP contribution in [0.15, 0.2) is 48.7 Å². The third-order valence-corrected chi connectivity index (χ3v) is 3.25. The number of amides is 1. The Morgan fingerprint density at radius 3 is 2.77 bits per heavy atom. The molecule has 114 valence electrons. The fourth-order valence-corrected chi connectivity index (χ4v) is 2.02. The second-order valence-electron chi connectivity index (χ2n) is 5.69. The van der Waals surface area contributed by atoms with Crippen LogP contribution in [0.4, 0.5) is 5.69 Å². The van der Waals surface area contributed by atoms with Crippen molar-refractivity contribution in [2.45, 2.75) is 26.7 Å². The summed E-state index contributed by atoms with van der Waals surface area (Å²) in [7, 11) is 0. The Kier molecular flexibility index (Phi) is 5.90. The Morgan fingerprint density at radius 2 is 2.05 bits per heavy atom. The lowest BCUT2D eigenvalue weighted by Crippen LogP contribution is -2.12. The third-order valence-electron chi connectivity index (χ3n) is 3.25. The van der Waals surface area contributed by atoms with Gasteiger partial charge in [0.05, 0.1) is 5.69 Å². The number of aromatic nitrogens is 1. The number of carbonyl (C=O) groups is 1. The zero-order valence-corrected chi connectivity index (χ0v) is 13.1. The van der Waals surface area contributed by atoms with E-state index in [1.54, 1.807) is 6.20 Å². The number of hydrogen-bond acceptors (Lipinski definition) is 2. The number of pyridine rings is 1. The zero-order chi connectivity index (χ0) is 15.8. The fourth-order valence-electron chi connectivity index (χ4n) is 2.02. The standard InChI is InChI=1S/C19H22N2O/c1-15(2)9-12-19(22)21-18-8-5-6-16(14-18)10-11-17-7-3-4-13-20-17/h3-8,10-11,13-15H,9,12H2,1-2H3,(H,21,22). The molecule has 0 atom stereocenters. The molecule has 0 aliphatic rings. The van der Waals surface area contributed by atoms with E-state index in [9.17, 15) is 4.79 Å². The van der Waals surface area contributed by atoms with Crippen molar-refractivity contribution < 1.29 is 4.79 Å². The van der Waals surface area contributed by atoms with Gasteiger partial charge in [-0.25, -0.2) is 0 Å². The van der Waals surface area contributed by atoms with Crippen LogP contribution < -0.4 is 5.32 Å². The highest BCUT2D eigenvalue weighted by molar-refractivity contribution is 5.91. The lowest BCUT2D eigenvalue weighted by molar-refractivity contribution is -0.116. The van der Waals surface area contributed by atoms with E-state index in [0.717, 1.165) is 23.4 Å². The molecule has 0 fully saturated rings. The smallest absolute Gasteiger partial charge is 0.224 e. The van der Waals surface area contributed by atoms with E-state index < -0.39 is 0 Å². The summed E-state index contributed by atoms with van der Waals surface area (Å²) in [6.45, 7) is 4.24. The third kappa shape index (κ3) is 5.52. The second-order valence-corrected chi connectivity index (χ2v) is 5.69.